The second-order valence-corrected chi connectivity index (χ2v) is 4.79. The lowest BCUT2D eigenvalue weighted by molar-refractivity contribution is -0.121. The maximum Gasteiger partial charge on any atom is 0.226 e. The van der Waals surface area contributed by atoms with Crippen LogP contribution >= 0.6 is 0 Å². The van der Waals surface area contributed by atoms with Gasteiger partial charge in [0, 0.05) is 25.3 Å². The van der Waals surface area contributed by atoms with Crippen molar-refractivity contribution < 1.29 is 9.32 Å². The van der Waals surface area contributed by atoms with Gasteiger partial charge < -0.3 is 9.84 Å². The maximum absolute atomic E-state index is 11.7. The second-order valence-electron chi connectivity index (χ2n) is 4.79. The number of aromatic nitrogens is 2. The van der Waals surface area contributed by atoms with Gasteiger partial charge in [0.1, 0.15) is 0 Å². The predicted molar refractivity (Wildman–Crippen MR) is 73.7 cm³/mol. The number of hydrogen-bond acceptors (Lipinski definition) is 4. The number of hydrogen-bond donors (Lipinski definition) is 1. The summed E-state index contributed by atoms with van der Waals surface area (Å²) in [6.07, 6.45) is 5.75. The van der Waals surface area contributed by atoms with Gasteiger partial charge in [-0.3, -0.25) is 4.79 Å². The molecular formula is C14H25N3O2. The first-order chi connectivity index (χ1) is 9.19. The Morgan fingerprint density at radius 1 is 1.26 bits per heavy atom. The van der Waals surface area contributed by atoms with E-state index >= 15 is 0 Å². The summed E-state index contributed by atoms with van der Waals surface area (Å²) in [5, 5.41) is 6.91. The Morgan fingerprint density at radius 2 is 2.00 bits per heavy atom. The molecule has 1 heterocycles. The third-order valence-electron chi connectivity index (χ3n) is 3.13. The van der Waals surface area contributed by atoms with Gasteiger partial charge in [0.05, 0.1) is 0 Å². The van der Waals surface area contributed by atoms with Crippen LogP contribution in [0.3, 0.4) is 0 Å². The van der Waals surface area contributed by atoms with Crippen LogP contribution in [-0.2, 0) is 17.6 Å². The molecule has 0 saturated heterocycles. The first kappa shape index (κ1) is 15.7. The minimum absolute atomic E-state index is 0.113. The summed E-state index contributed by atoms with van der Waals surface area (Å²) in [5.41, 5.74) is 0. The average Bonchev–Trinajstić information content (AvgIpc) is 2.84. The van der Waals surface area contributed by atoms with Crippen LogP contribution in [0.5, 0.6) is 0 Å². The molecule has 1 aromatic heterocycles. The van der Waals surface area contributed by atoms with Gasteiger partial charge in [-0.1, -0.05) is 25.9 Å². The summed E-state index contributed by atoms with van der Waals surface area (Å²) in [6, 6.07) is 0.298. The number of rotatable bonds is 9. The molecule has 1 rings (SSSR count). The van der Waals surface area contributed by atoms with Gasteiger partial charge in [-0.25, -0.2) is 0 Å². The largest absolute Gasteiger partial charge is 0.353 e. The zero-order valence-corrected chi connectivity index (χ0v) is 12.2. The van der Waals surface area contributed by atoms with Crippen molar-refractivity contribution in [2.75, 3.05) is 0 Å². The molecule has 1 N–H and O–H groups in total. The Bertz CT molecular complexity index is 373. The molecule has 1 amide bonds. The number of nitrogens with zero attached hydrogens (tertiary/aromatic N) is 2. The molecule has 0 aliphatic rings. The van der Waals surface area contributed by atoms with Crippen LogP contribution in [0.4, 0.5) is 0 Å². The lowest BCUT2D eigenvalue weighted by Crippen LogP contribution is -2.33. The molecule has 1 aromatic rings. The van der Waals surface area contributed by atoms with Gasteiger partial charge >= 0.3 is 0 Å². The van der Waals surface area contributed by atoms with E-state index in [1.807, 2.05) is 0 Å². The number of carbonyl (C=O) groups excluding carboxylic acids is 1. The minimum Gasteiger partial charge on any atom is -0.353 e. The fourth-order valence-corrected chi connectivity index (χ4v) is 1.91. The van der Waals surface area contributed by atoms with Crippen molar-refractivity contribution in [2.24, 2.45) is 0 Å². The zero-order chi connectivity index (χ0) is 14.1. The van der Waals surface area contributed by atoms with Crippen molar-refractivity contribution in [1.29, 1.82) is 0 Å². The Morgan fingerprint density at radius 3 is 2.63 bits per heavy atom. The predicted octanol–water partition coefficient (Wildman–Crippen LogP) is 2.65. The Kier molecular flexibility index (Phi) is 7.15. The fraction of sp³-hybridized carbons (Fsp3) is 0.786. The molecular weight excluding hydrogens is 242 g/mol. The SMILES string of the molecule is CCCc1noc(CCCC(=O)NC(CC)CC)n1. The molecule has 0 aromatic carbocycles. The van der Waals surface area contributed by atoms with Crippen LogP contribution in [-0.4, -0.2) is 22.1 Å². The van der Waals surface area contributed by atoms with Gasteiger partial charge in [-0.15, -0.1) is 0 Å². The molecule has 0 spiro atoms. The van der Waals surface area contributed by atoms with E-state index in [1.165, 1.54) is 0 Å². The molecule has 0 bridgehead atoms. The van der Waals surface area contributed by atoms with E-state index in [0.717, 1.165) is 37.9 Å². The summed E-state index contributed by atoms with van der Waals surface area (Å²) in [4.78, 5) is 16.0. The highest BCUT2D eigenvalue weighted by Gasteiger charge is 2.10. The maximum atomic E-state index is 11.7. The standard InChI is InChI=1S/C14H25N3O2/c1-4-8-12-16-14(19-17-12)10-7-9-13(18)15-11(5-2)6-3/h11H,4-10H2,1-3H3,(H,15,18). The Balaban J connectivity index is 2.23. The molecule has 0 aliphatic carbocycles. The molecule has 0 unspecified atom stereocenters. The number of aryl methyl sites for hydroxylation is 2. The fourth-order valence-electron chi connectivity index (χ4n) is 1.91. The van der Waals surface area contributed by atoms with Gasteiger partial charge in [-0.05, 0) is 25.7 Å². The first-order valence-electron chi connectivity index (χ1n) is 7.30. The van der Waals surface area contributed by atoms with Crippen LogP contribution < -0.4 is 5.32 Å². The Hall–Kier alpha value is -1.39. The first-order valence-corrected chi connectivity index (χ1v) is 7.30. The molecule has 5 nitrogen and oxygen atoms in total. The van der Waals surface area contributed by atoms with Crippen LogP contribution in [0, 0.1) is 0 Å². The van der Waals surface area contributed by atoms with Crippen molar-refractivity contribution in [3.05, 3.63) is 11.7 Å². The molecule has 108 valence electrons. The van der Waals surface area contributed by atoms with Gasteiger partial charge in [0.2, 0.25) is 11.8 Å². The minimum atomic E-state index is 0.113. The van der Waals surface area contributed by atoms with Crippen molar-refractivity contribution in [3.8, 4) is 0 Å². The van der Waals surface area contributed by atoms with Crippen LogP contribution in [0.15, 0.2) is 4.52 Å². The highest BCUT2D eigenvalue weighted by atomic mass is 16.5. The molecule has 0 saturated carbocycles. The lowest BCUT2D eigenvalue weighted by atomic mass is 10.1. The number of nitrogens with one attached hydrogen (secondary N) is 1. The van der Waals surface area contributed by atoms with E-state index in [4.69, 9.17) is 4.52 Å². The van der Waals surface area contributed by atoms with Crippen LogP contribution in [0.2, 0.25) is 0 Å². The molecule has 0 atom stereocenters. The van der Waals surface area contributed by atoms with Gasteiger partial charge in [0.25, 0.3) is 0 Å². The summed E-state index contributed by atoms with van der Waals surface area (Å²) < 4.78 is 5.13. The zero-order valence-electron chi connectivity index (χ0n) is 12.2. The smallest absolute Gasteiger partial charge is 0.226 e. The second kappa shape index (κ2) is 8.67. The Labute approximate surface area is 115 Å². The normalized spacial score (nSPS) is 10.9. The van der Waals surface area contributed by atoms with E-state index in [0.29, 0.717) is 24.8 Å². The average molecular weight is 267 g/mol. The third kappa shape index (κ3) is 5.85. The highest BCUT2D eigenvalue weighted by molar-refractivity contribution is 5.76. The summed E-state index contributed by atoms with van der Waals surface area (Å²) in [7, 11) is 0. The summed E-state index contributed by atoms with van der Waals surface area (Å²) in [5.74, 6) is 1.51. The number of carbonyl (C=O) groups is 1. The van der Waals surface area contributed by atoms with Gasteiger partial charge in [0.15, 0.2) is 5.82 Å². The van der Waals surface area contributed by atoms with E-state index in [9.17, 15) is 4.79 Å². The third-order valence-corrected chi connectivity index (χ3v) is 3.13. The van der Waals surface area contributed by atoms with Crippen LogP contribution in [0.25, 0.3) is 0 Å². The van der Waals surface area contributed by atoms with Crippen molar-refractivity contribution in [1.82, 2.24) is 15.5 Å². The molecule has 5 heteroatoms. The van der Waals surface area contributed by atoms with E-state index < -0.39 is 0 Å². The van der Waals surface area contributed by atoms with Gasteiger partial charge in [-0.2, -0.15) is 4.98 Å². The number of amides is 1. The molecule has 0 aliphatic heterocycles. The molecule has 0 radical (unpaired) electrons. The highest BCUT2D eigenvalue weighted by Crippen LogP contribution is 2.05. The van der Waals surface area contributed by atoms with E-state index in [2.05, 4.69) is 36.2 Å². The summed E-state index contributed by atoms with van der Waals surface area (Å²) >= 11 is 0. The van der Waals surface area contributed by atoms with Crippen molar-refractivity contribution in [3.63, 3.8) is 0 Å². The van der Waals surface area contributed by atoms with Crippen molar-refractivity contribution >= 4 is 5.91 Å². The monoisotopic (exact) mass is 267 g/mol. The van der Waals surface area contributed by atoms with E-state index in [-0.39, 0.29) is 5.91 Å². The quantitative estimate of drug-likeness (QED) is 0.747. The molecule has 0 fully saturated rings. The van der Waals surface area contributed by atoms with Crippen molar-refractivity contribution in [2.45, 2.75) is 71.8 Å². The lowest BCUT2D eigenvalue weighted by Gasteiger charge is -2.14. The topological polar surface area (TPSA) is 68.0 Å². The van der Waals surface area contributed by atoms with E-state index in [1.54, 1.807) is 0 Å². The van der Waals surface area contributed by atoms with Crippen LogP contribution in [0.1, 0.15) is 64.6 Å². The molecule has 19 heavy (non-hydrogen) atoms. The summed E-state index contributed by atoms with van der Waals surface area (Å²) in [6.45, 7) is 6.25.